The lowest BCUT2D eigenvalue weighted by Crippen LogP contribution is -2.62. The van der Waals surface area contributed by atoms with E-state index in [0.29, 0.717) is 60.4 Å². The number of aryl methyl sites for hydroxylation is 1. The van der Waals surface area contributed by atoms with Gasteiger partial charge in [0, 0.05) is 56.2 Å². The number of carbonyl (C=O) groups is 1. The largest absolute Gasteiger partial charge is 0.385 e. The maximum atomic E-state index is 12.9. The number of nitrogens with one attached hydrogen (secondary N) is 4. The van der Waals surface area contributed by atoms with Crippen molar-refractivity contribution in [2.75, 3.05) is 25.6 Å². The van der Waals surface area contributed by atoms with E-state index in [1.54, 1.807) is 13.2 Å². The van der Waals surface area contributed by atoms with E-state index in [1.807, 2.05) is 19.9 Å². The van der Waals surface area contributed by atoms with Crippen molar-refractivity contribution in [1.82, 2.24) is 35.7 Å². The number of hydrogen-bond donors (Lipinski definition) is 4. The smallest absolute Gasteiger partial charge is 0.237 e. The van der Waals surface area contributed by atoms with E-state index in [-0.39, 0.29) is 11.9 Å². The minimum absolute atomic E-state index is 0.118. The number of aromatic nitrogens is 4. The van der Waals surface area contributed by atoms with E-state index in [4.69, 9.17) is 16.3 Å². The third-order valence-corrected chi connectivity index (χ3v) is 7.09. The summed E-state index contributed by atoms with van der Waals surface area (Å²) < 4.78 is 5.33. The Bertz CT molecular complexity index is 972. The highest BCUT2D eigenvalue weighted by Crippen LogP contribution is 2.36. The summed E-state index contributed by atoms with van der Waals surface area (Å²) in [5.41, 5.74) is 0.961. The summed E-state index contributed by atoms with van der Waals surface area (Å²) in [4.78, 5) is 24.4. The zero-order chi connectivity index (χ0) is 24.8. The second-order valence-corrected chi connectivity index (χ2v) is 9.87. The van der Waals surface area contributed by atoms with Gasteiger partial charge in [0.15, 0.2) is 5.82 Å². The number of ether oxygens (including phenoxy) is 1. The third-order valence-electron chi connectivity index (χ3n) is 6.89. The molecule has 192 valence electrons. The molecule has 4 N–H and O–H groups in total. The molecule has 4 heterocycles. The van der Waals surface area contributed by atoms with Gasteiger partial charge in [0.05, 0.1) is 12.6 Å². The molecule has 11 heteroatoms. The Morgan fingerprint density at radius 2 is 2.03 bits per heavy atom. The van der Waals surface area contributed by atoms with Crippen LogP contribution < -0.4 is 16.0 Å². The van der Waals surface area contributed by atoms with Gasteiger partial charge in [-0.15, -0.1) is 0 Å². The molecule has 4 rings (SSSR count). The van der Waals surface area contributed by atoms with Crippen molar-refractivity contribution in [1.29, 1.82) is 0 Å². The van der Waals surface area contributed by atoms with Gasteiger partial charge >= 0.3 is 0 Å². The summed E-state index contributed by atoms with van der Waals surface area (Å²) in [7, 11) is 1.69. The van der Waals surface area contributed by atoms with Crippen LogP contribution in [-0.4, -0.2) is 75.4 Å². The van der Waals surface area contributed by atoms with Gasteiger partial charge in [0.1, 0.15) is 16.8 Å². The predicted octanol–water partition coefficient (Wildman–Crippen LogP) is 2.92. The summed E-state index contributed by atoms with van der Waals surface area (Å²) in [6.07, 6.45) is 6.15. The summed E-state index contributed by atoms with van der Waals surface area (Å²) >= 11 is 6.27. The molecule has 2 aliphatic rings. The van der Waals surface area contributed by atoms with Gasteiger partial charge < -0.3 is 20.7 Å². The van der Waals surface area contributed by atoms with Gasteiger partial charge in [0.2, 0.25) is 5.91 Å². The van der Waals surface area contributed by atoms with Crippen LogP contribution in [0.4, 0.5) is 11.6 Å². The topological polar surface area (TPSA) is 120 Å². The number of likely N-dealkylation sites (N-methyl/N-ethyl adjacent to an activating group) is 1. The molecule has 2 bridgehead atoms. The molecule has 0 spiro atoms. The Hall–Kier alpha value is -2.27. The molecule has 3 atom stereocenters. The third kappa shape index (κ3) is 6.69. The number of amides is 1. The van der Waals surface area contributed by atoms with Crippen molar-refractivity contribution < 1.29 is 9.53 Å². The average molecular weight is 505 g/mol. The number of nitrogens with zero attached hydrogens (tertiary/aromatic N) is 4. The first kappa shape index (κ1) is 25.8. The van der Waals surface area contributed by atoms with Crippen LogP contribution in [0.1, 0.15) is 57.0 Å². The number of rotatable bonds is 11. The number of piperidine rings is 2. The first-order chi connectivity index (χ1) is 17.0. The van der Waals surface area contributed by atoms with Crippen LogP contribution in [0.15, 0.2) is 12.1 Å². The molecule has 0 aromatic carbocycles. The molecular weight excluding hydrogens is 468 g/mol. The number of H-pyrrole nitrogens is 1. The fraction of sp³-hybridized carbons (Fsp3) is 0.667. The molecular formula is C24H37ClN8O2. The maximum absolute atomic E-state index is 12.9. The van der Waals surface area contributed by atoms with Crippen LogP contribution in [0.3, 0.4) is 0 Å². The lowest BCUT2D eigenvalue weighted by atomic mass is 9.80. The molecule has 2 aromatic heterocycles. The van der Waals surface area contributed by atoms with Crippen molar-refractivity contribution in [2.24, 2.45) is 0 Å². The van der Waals surface area contributed by atoms with Crippen LogP contribution in [0, 0.1) is 6.92 Å². The van der Waals surface area contributed by atoms with Gasteiger partial charge in [0.25, 0.3) is 0 Å². The van der Waals surface area contributed by atoms with Crippen molar-refractivity contribution in [3.8, 4) is 0 Å². The van der Waals surface area contributed by atoms with Gasteiger partial charge in [-0.3, -0.25) is 14.8 Å². The highest BCUT2D eigenvalue weighted by atomic mass is 35.5. The summed E-state index contributed by atoms with van der Waals surface area (Å²) in [5.74, 6) is 2.06. The van der Waals surface area contributed by atoms with Crippen LogP contribution in [0.25, 0.3) is 0 Å². The fourth-order valence-electron chi connectivity index (χ4n) is 5.49. The summed E-state index contributed by atoms with van der Waals surface area (Å²) in [6, 6.07) is 4.56. The number of anilines is 2. The standard InChI is InChI=1S/C24H37ClN8O2/c1-4-26-24(34)19(8-9-35-3)33-17-6-5-7-18(33)12-16(11-17)27-14-23-28-20(25)13-21(30-23)29-22-10-15(2)31-32-22/h10,13,16-19,27H,4-9,11-12,14H2,1-3H3,(H,26,34)(H2,28,29,30,31,32). The molecule has 2 fully saturated rings. The summed E-state index contributed by atoms with van der Waals surface area (Å²) in [6.45, 7) is 5.67. The normalized spacial score (nSPS) is 23.1. The van der Waals surface area contributed by atoms with E-state index >= 15 is 0 Å². The zero-order valence-electron chi connectivity index (χ0n) is 20.8. The first-order valence-electron chi connectivity index (χ1n) is 12.6. The van der Waals surface area contributed by atoms with Crippen molar-refractivity contribution in [3.05, 3.63) is 28.8 Å². The van der Waals surface area contributed by atoms with Gasteiger partial charge in [-0.2, -0.15) is 5.10 Å². The summed E-state index contributed by atoms with van der Waals surface area (Å²) in [5, 5.41) is 17.4. The lowest BCUT2D eigenvalue weighted by molar-refractivity contribution is -0.132. The number of hydrogen-bond acceptors (Lipinski definition) is 8. The highest BCUT2D eigenvalue weighted by molar-refractivity contribution is 6.29. The maximum Gasteiger partial charge on any atom is 0.237 e. The van der Waals surface area contributed by atoms with Crippen LogP contribution in [0.5, 0.6) is 0 Å². The quantitative estimate of drug-likeness (QED) is 0.345. The Balaban J connectivity index is 1.39. The monoisotopic (exact) mass is 504 g/mol. The molecule has 2 saturated heterocycles. The lowest BCUT2D eigenvalue weighted by Gasteiger charge is -2.51. The van der Waals surface area contributed by atoms with E-state index in [1.165, 1.54) is 6.42 Å². The molecule has 3 unspecified atom stereocenters. The SMILES string of the molecule is CCNC(=O)C(CCOC)N1C2CCCC1CC(NCc1nc(Cl)cc(Nc3cc(C)[nH]n3)n1)C2. The predicted molar refractivity (Wildman–Crippen MR) is 136 cm³/mol. The number of methoxy groups -OCH3 is 1. The highest BCUT2D eigenvalue weighted by Gasteiger charge is 2.43. The molecule has 0 aliphatic carbocycles. The van der Waals surface area contributed by atoms with E-state index in [0.717, 1.165) is 37.8 Å². The minimum atomic E-state index is -0.137. The first-order valence-corrected chi connectivity index (χ1v) is 12.9. The minimum Gasteiger partial charge on any atom is -0.385 e. The number of carbonyl (C=O) groups excluding carboxylic acids is 1. The van der Waals surface area contributed by atoms with Crippen molar-refractivity contribution in [3.63, 3.8) is 0 Å². The number of aromatic amines is 1. The van der Waals surface area contributed by atoms with Crippen molar-refractivity contribution >= 4 is 29.1 Å². The molecule has 1 amide bonds. The van der Waals surface area contributed by atoms with Crippen LogP contribution in [-0.2, 0) is 16.1 Å². The van der Waals surface area contributed by atoms with Crippen LogP contribution >= 0.6 is 11.6 Å². The van der Waals surface area contributed by atoms with Gasteiger partial charge in [-0.05, 0) is 46.0 Å². The van der Waals surface area contributed by atoms with E-state index < -0.39 is 0 Å². The molecule has 2 aromatic rings. The number of halogens is 1. The van der Waals surface area contributed by atoms with E-state index in [9.17, 15) is 4.79 Å². The molecule has 2 aliphatic heterocycles. The fourth-order valence-corrected chi connectivity index (χ4v) is 5.69. The Kier molecular flexibility index (Phi) is 8.94. The second kappa shape index (κ2) is 12.1. The Morgan fingerprint density at radius 1 is 1.26 bits per heavy atom. The molecule has 0 saturated carbocycles. The Labute approximate surface area is 212 Å². The zero-order valence-corrected chi connectivity index (χ0v) is 21.6. The second-order valence-electron chi connectivity index (χ2n) is 9.48. The average Bonchev–Trinajstić information content (AvgIpc) is 3.22. The van der Waals surface area contributed by atoms with Gasteiger partial charge in [-0.1, -0.05) is 18.0 Å². The van der Waals surface area contributed by atoms with Crippen LogP contribution in [0.2, 0.25) is 5.15 Å². The molecule has 10 nitrogen and oxygen atoms in total. The van der Waals surface area contributed by atoms with Crippen molar-refractivity contribution in [2.45, 2.75) is 83.1 Å². The number of fused-ring (bicyclic) bond motifs is 2. The molecule has 0 radical (unpaired) electrons. The Morgan fingerprint density at radius 3 is 2.69 bits per heavy atom. The molecule has 35 heavy (non-hydrogen) atoms. The van der Waals surface area contributed by atoms with Gasteiger partial charge in [-0.25, -0.2) is 9.97 Å². The van der Waals surface area contributed by atoms with E-state index in [2.05, 4.69) is 41.0 Å².